The second kappa shape index (κ2) is 12.3. The SMILES string of the molecule is CC[C@H](C)C(/C=C(\C)C(=O)O)N(C)C(=O)C(NC(=O)[C@@H](NC)C(C)(C)c1ccccc1)C(C)(C)C. The van der Waals surface area contributed by atoms with Gasteiger partial charge in [-0.1, -0.05) is 91.3 Å². The first-order chi connectivity index (χ1) is 16.1. The molecule has 1 aromatic rings. The molecule has 1 rings (SSSR count). The summed E-state index contributed by atoms with van der Waals surface area (Å²) < 4.78 is 0. The smallest absolute Gasteiger partial charge is 0.331 e. The van der Waals surface area contributed by atoms with E-state index in [0.717, 1.165) is 12.0 Å². The molecule has 0 spiro atoms. The molecule has 3 N–H and O–H groups in total. The van der Waals surface area contributed by atoms with Gasteiger partial charge < -0.3 is 20.6 Å². The van der Waals surface area contributed by atoms with E-state index >= 15 is 0 Å². The maximum atomic E-state index is 13.8. The number of aliphatic carboxylic acids is 1. The number of carboxylic acids is 1. The fraction of sp³-hybridized carbons (Fsp3) is 0.607. The minimum absolute atomic E-state index is 0.0386. The molecule has 0 bridgehead atoms. The highest BCUT2D eigenvalue weighted by molar-refractivity contribution is 5.91. The van der Waals surface area contributed by atoms with Crippen molar-refractivity contribution in [1.82, 2.24) is 15.5 Å². The lowest BCUT2D eigenvalue weighted by molar-refractivity contribution is -0.141. The predicted molar refractivity (Wildman–Crippen MR) is 141 cm³/mol. The number of rotatable bonds is 11. The van der Waals surface area contributed by atoms with E-state index in [9.17, 15) is 19.5 Å². The average Bonchev–Trinajstić information content (AvgIpc) is 2.79. The number of carbonyl (C=O) groups is 3. The van der Waals surface area contributed by atoms with E-state index in [1.54, 1.807) is 25.1 Å². The van der Waals surface area contributed by atoms with Gasteiger partial charge in [0.2, 0.25) is 11.8 Å². The maximum Gasteiger partial charge on any atom is 0.331 e. The number of hydrogen-bond donors (Lipinski definition) is 3. The van der Waals surface area contributed by atoms with Gasteiger partial charge in [-0.2, -0.15) is 0 Å². The van der Waals surface area contributed by atoms with Crippen molar-refractivity contribution in [2.24, 2.45) is 11.3 Å². The van der Waals surface area contributed by atoms with Crippen LogP contribution >= 0.6 is 0 Å². The summed E-state index contributed by atoms with van der Waals surface area (Å²) in [5, 5.41) is 15.6. The van der Waals surface area contributed by atoms with Crippen LogP contribution in [-0.4, -0.2) is 60.0 Å². The van der Waals surface area contributed by atoms with Crippen LogP contribution in [-0.2, 0) is 19.8 Å². The molecule has 0 heterocycles. The van der Waals surface area contributed by atoms with Gasteiger partial charge in [0.1, 0.15) is 6.04 Å². The minimum Gasteiger partial charge on any atom is -0.478 e. The van der Waals surface area contributed by atoms with Crippen LogP contribution in [0.15, 0.2) is 42.0 Å². The second-order valence-corrected chi connectivity index (χ2v) is 11.1. The third-order valence-corrected chi connectivity index (χ3v) is 6.97. The highest BCUT2D eigenvalue weighted by Crippen LogP contribution is 2.29. The van der Waals surface area contributed by atoms with Crippen molar-refractivity contribution in [3.05, 3.63) is 47.5 Å². The van der Waals surface area contributed by atoms with Crippen LogP contribution in [0.1, 0.15) is 67.4 Å². The zero-order valence-corrected chi connectivity index (χ0v) is 23.1. The van der Waals surface area contributed by atoms with Gasteiger partial charge in [-0.25, -0.2) is 4.79 Å². The summed E-state index contributed by atoms with van der Waals surface area (Å²) in [7, 11) is 3.42. The van der Waals surface area contributed by atoms with Crippen LogP contribution in [0.3, 0.4) is 0 Å². The molecule has 0 aliphatic carbocycles. The molecule has 0 aromatic heterocycles. The molecule has 35 heavy (non-hydrogen) atoms. The molecule has 0 saturated heterocycles. The first-order valence-electron chi connectivity index (χ1n) is 12.3. The lowest BCUT2D eigenvalue weighted by Gasteiger charge is -2.40. The fourth-order valence-electron chi connectivity index (χ4n) is 4.31. The molecule has 0 aliphatic heterocycles. The molecular formula is C28H45N3O4. The normalized spacial score (nSPS) is 16.1. The molecule has 0 fully saturated rings. The number of nitrogens with one attached hydrogen (secondary N) is 2. The van der Waals surface area contributed by atoms with E-state index in [1.807, 2.05) is 78.8 Å². The lowest BCUT2D eigenvalue weighted by atomic mass is 9.76. The Bertz CT molecular complexity index is 903. The van der Waals surface area contributed by atoms with Crippen LogP contribution in [0.4, 0.5) is 0 Å². The molecule has 2 amide bonds. The third kappa shape index (κ3) is 7.66. The Morgan fingerprint density at radius 2 is 1.60 bits per heavy atom. The standard InChI is InChI=1S/C28H45N3O4/c1-11-18(2)21(17-19(3)26(34)35)31(10)25(33)23(27(4,5)6)30-24(32)22(29-9)28(7,8)20-15-13-12-14-16-20/h12-18,21-23,29H,11H2,1-10H3,(H,30,32)(H,34,35)/b19-17+/t18-,21?,22+,23?/m0/s1. The van der Waals surface area contributed by atoms with Crippen molar-refractivity contribution in [3.8, 4) is 0 Å². The number of hydrogen-bond acceptors (Lipinski definition) is 4. The second-order valence-electron chi connectivity index (χ2n) is 11.1. The Balaban J connectivity index is 3.32. The zero-order chi connectivity index (χ0) is 27.1. The van der Waals surface area contributed by atoms with E-state index in [4.69, 9.17) is 0 Å². The van der Waals surface area contributed by atoms with Gasteiger partial charge in [0.25, 0.3) is 0 Å². The number of benzene rings is 1. The Labute approximate surface area is 211 Å². The highest BCUT2D eigenvalue weighted by atomic mass is 16.4. The highest BCUT2D eigenvalue weighted by Gasteiger charge is 2.41. The monoisotopic (exact) mass is 487 g/mol. The third-order valence-electron chi connectivity index (χ3n) is 6.97. The molecule has 0 aliphatic rings. The summed E-state index contributed by atoms with van der Waals surface area (Å²) in [6.07, 6.45) is 2.40. The van der Waals surface area contributed by atoms with E-state index in [0.29, 0.717) is 0 Å². The first-order valence-corrected chi connectivity index (χ1v) is 12.3. The van der Waals surface area contributed by atoms with Crippen LogP contribution in [0.5, 0.6) is 0 Å². The molecule has 7 nitrogen and oxygen atoms in total. The summed E-state index contributed by atoms with van der Waals surface area (Å²) in [5.41, 5.74) is 0.0994. The van der Waals surface area contributed by atoms with E-state index in [1.165, 1.54) is 6.92 Å². The van der Waals surface area contributed by atoms with Gasteiger partial charge in [0, 0.05) is 18.0 Å². The lowest BCUT2D eigenvalue weighted by Crippen LogP contribution is -2.61. The summed E-state index contributed by atoms with van der Waals surface area (Å²) in [6.45, 7) is 15.3. The Kier molecular flexibility index (Phi) is 10.7. The Morgan fingerprint density at radius 1 is 1.06 bits per heavy atom. The average molecular weight is 488 g/mol. The summed E-state index contributed by atoms with van der Waals surface area (Å²) in [6, 6.07) is 8.02. The van der Waals surface area contributed by atoms with Crippen LogP contribution < -0.4 is 10.6 Å². The summed E-state index contributed by atoms with van der Waals surface area (Å²) in [4.78, 5) is 40.4. The van der Waals surface area contributed by atoms with Crippen LogP contribution in [0.25, 0.3) is 0 Å². The van der Waals surface area contributed by atoms with Crippen LogP contribution in [0, 0.1) is 11.3 Å². The van der Waals surface area contributed by atoms with Crippen molar-refractivity contribution >= 4 is 17.8 Å². The summed E-state index contributed by atoms with van der Waals surface area (Å²) >= 11 is 0. The zero-order valence-electron chi connectivity index (χ0n) is 23.1. The number of carbonyl (C=O) groups excluding carboxylic acids is 2. The Morgan fingerprint density at radius 3 is 2.03 bits per heavy atom. The molecule has 0 radical (unpaired) electrons. The van der Waals surface area contributed by atoms with E-state index < -0.39 is 34.9 Å². The number of likely N-dealkylation sites (N-methyl/N-ethyl adjacent to an activating group) is 2. The van der Waals surface area contributed by atoms with Crippen molar-refractivity contribution in [2.45, 2.75) is 85.4 Å². The number of nitrogens with zero attached hydrogens (tertiary/aromatic N) is 1. The van der Waals surface area contributed by atoms with Crippen molar-refractivity contribution < 1.29 is 19.5 Å². The molecule has 4 atom stereocenters. The molecule has 0 saturated carbocycles. The van der Waals surface area contributed by atoms with Gasteiger partial charge in [-0.15, -0.1) is 0 Å². The van der Waals surface area contributed by atoms with Gasteiger partial charge in [-0.05, 0) is 30.9 Å². The molecular weight excluding hydrogens is 442 g/mol. The van der Waals surface area contributed by atoms with Gasteiger partial charge in [0.05, 0.1) is 12.1 Å². The minimum atomic E-state index is -1.01. The predicted octanol–water partition coefficient (Wildman–Crippen LogP) is 3.99. The molecule has 1 aromatic carbocycles. The Hall–Kier alpha value is -2.67. The first kappa shape index (κ1) is 30.4. The molecule has 196 valence electrons. The van der Waals surface area contributed by atoms with Crippen molar-refractivity contribution in [1.29, 1.82) is 0 Å². The van der Waals surface area contributed by atoms with Crippen molar-refractivity contribution in [2.75, 3.05) is 14.1 Å². The quantitative estimate of drug-likeness (QED) is 0.410. The topological polar surface area (TPSA) is 98.7 Å². The number of carboxylic acid groups (broad SMARTS) is 1. The van der Waals surface area contributed by atoms with E-state index in [-0.39, 0.29) is 23.3 Å². The molecule has 2 unspecified atom stereocenters. The summed E-state index contributed by atoms with van der Waals surface area (Å²) in [5.74, 6) is -1.49. The van der Waals surface area contributed by atoms with Crippen LogP contribution in [0.2, 0.25) is 0 Å². The maximum absolute atomic E-state index is 13.8. The van der Waals surface area contributed by atoms with Gasteiger partial charge in [0.15, 0.2) is 0 Å². The van der Waals surface area contributed by atoms with Gasteiger partial charge >= 0.3 is 5.97 Å². The van der Waals surface area contributed by atoms with E-state index in [2.05, 4.69) is 10.6 Å². The van der Waals surface area contributed by atoms with Gasteiger partial charge in [-0.3, -0.25) is 9.59 Å². The van der Waals surface area contributed by atoms with Crippen molar-refractivity contribution in [3.63, 3.8) is 0 Å². The molecule has 7 heteroatoms. The largest absolute Gasteiger partial charge is 0.478 e. The number of amides is 2. The fourth-order valence-corrected chi connectivity index (χ4v) is 4.31.